The second kappa shape index (κ2) is 5.00. The van der Waals surface area contributed by atoms with E-state index in [1.165, 1.54) is 6.07 Å². The van der Waals surface area contributed by atoms with E-state index in [0.29, 0.717) is 20.9 Å². The Bertz CT molecular complexity index is 665. The molecule has 0 fully saturated rings. The zero-order valence-corrected chi connectivity index (χ0v) is 11.6. The van der Waals surface area contributed by atoms with Crippen LogP contribution in [0.2, 0.25) is 0 Å². The van der Waals surface area contributed by atoms with Crippen LogP contribution < -0.4 is 0 Å². The number of rotatable bonds is 4. The molecule has 0 saturated carbocycles. The van der Waals surface area contributed by atoms with Crippen molar-refractivity contribution in [1.82, 2.24) is 4.98 Å². The number of fused-ring (bicyclic) bond motifs is 1. The maximum Gasteiger partial charge on any atom is 0.306 e. The standard InChI is InChI=1S/C12H11BrN2O4/c1-6(12(16)17)4-7-5-14-11-8(13)2-3-9(10(7)11)15(18)19/h2-3,5-6,14H,4H2,1H3,(H,16,17). The fraction of sp³-hybridized carbons (Fsp3) is 0.250. The molecule has 0 bridgehead atoms. The first-order chi connectivity index (χ1) is 8.91. The van der Waals surface area contributed by atoms with Crippen LogP contribution in [0.25, 0.3) is 10.9 Å². The van der Waals surface area contributed by atoms with Crippen molar-refractivity contribution in [3.63, 3.8) is 0 Å². The van der Waals surface area contributed by atoms with Crippen molar-refractivity contribution in [2.45, 2.75) is 13.3 Å². The number of halogens is 1. The number of H-pyrrole nitrogens is 1. The first kappa shape index (κ1) is 13.5. The smallest absolute Gasteiger partial charge is 0.306 e. The molecule has 1 atom stereocenters. The van der Waals surface area contributed by atoms with Gasteiger partial charge in [0.2, 0.25) is 0 Å². The highest BCUT2D eigenvalue weighted by Gasteiger charge is 2.21. The fourth-order valence-corrected chi connectivity index (χ4v) is 2.44. The lowest BCUT2D eigenvalue weighted by Crippen LogP contribution is -2.12. The van der Waals surface area contributed by atoms with E-state index in [1.54, 1.807) is 19.2 Å². The Morgan fingerprint density at radius 1 is 1.58 bits per heavy atom. The number of non-ortho nitro benzene ring substituents is 1. The molecule has 7 heteroatoms. The zero-order valence-electron chi connectivity index (χ0n) is 10.0. The number of nitro groups is 1. The van der Waals surface area contributed by atoms with E-state index in [0.717, 1.165) is 0 Å². The van der Waals surface area contributed by atoms with E-state index < -0.39 is 16.8 Å². The molecular weight excluding hydrogens is 316 g/mol. The third-order valence-corrected chi connectivity index (χ3v) is 3.65. The highest BCUT2D eigenvalue weighted by Crippen LogP contribution is 2.34. The number of carboxylic acids is 1. The summed E-state index contributed by atoms with van der Waals surface area (Å²) in [7, 11) is 0. The summed E-state index contributed by atoms with van der Waals surface area (Å²) in [6.45, 7) is 1.57. The maximum atomic E-state index is 11.1. The van der Waals surface area contributed by atoms with Crippen LogP contribution in [0.1, 0.15) is 12.5 Å². The van der Waals surface area contributed by atoms with Gasteiger partial charge in [-0.25, -0.2) is 0 Å². The average molecular weight is 327 g/mol. The van der Waals surface area contributed by atoms with Crippen LogP contribution in [0.5, 0.6) is 0 Å². The van der Waals surface area contributed by atoms with Crippen LogP contribution in [0.15, 0.2) is 22.8 Å². The molecule has 0 spiro atoms. The SMILES string of the molecule is CC(Cc1c[nH]c2c(Br)ccc([N+](=O)[O-])c12)C(=O)O. The van der Waals surface area contributed by atoms with Gasteiger partial charge >= 0.3 is 5.97 Å². The molecule has 0 aliphatic carbocycles. The molecule has 0 aliphatic heterocycles. The second-order valence-corrected chi connectivity index (χ2v) is 5.19. The molecular formula is C12H11BrN2O4. The Morgan fingerprint density at radius 2 is 2.26 bits per heavy atom. The minimum absolute atomic E-state index is 0.0213. The Kier molecular flexibility index (Phi) is 3.57. The summed E-state index contributed by atoms with van der Waals surface area (Å²) in [5.74, 6) is -1.52. The molecule has 1 heterocycles. The first-order valence-electron chi connectivity index (χ1n) is 5.57. The molecule has 0 saturated heterocycles. The number of benzene rings is 1. The number of aromatic nitrogens is 1. The van der Waals surface area contributed by atoms with Gasteiger partial charge in [0.05, 0.1) is 21.7 Å². The number of nitrogens with one attached hydrogen (secondary N) is 1. The molecule has 0 aliphatic rings. The minimum atomic E-state index is -0.924. The van der Waals surface area contributed by atoms with Gasteiger partial charge in [0.15, 0.2) is 0 Å². The summed E-state index contributed by atoms with van der Waals surface area (Å²) < 4.78 is 0.710. The van der Waals surface area contributed by atoms with Crippen LogP contribution in [-0.4, -0.2) is 21.0 Å². The average Bonchev–Trinajstić information content (AvgIpc) is 2.74. The van der Waals surface area contributed by atoms with Gasteiger partial charge in [-0.2, -0.15) is 0 Å². The highest BCUT2D eigenvalue weighted by atomic mass is 79.9. The predicted molar refractivity (Wildman–Crippen MR) is 73.2 cm³/mol. The highest BCUT2D eigenvalue weighted by molar-refractivity contribution is 9.10. The van der Waals surface area contributed by atoms with E-state index in [1.807, 2.05) is 0 Å². The number of aromatic amines is 1. The molecule has 1 aromatic heterocycles. The number of nitrogens with zero attached hydrogens (tertiary/aromatic N) is 1. The third kappa shape index (κ3) is 2.46. The Balaban J connectivity index is 2.59. The molecule has 2 rings (SSSR count). The van der Waals surface area contributed by atoms with Gasteiger partial charge in [-0.05, 0) is 34.0 Å². The quantitative estimate of drug-likeness (QED) is 0.666. The summed E-state index contributed by atoms with van der Waals surface area (Å²) in [6, 6.07) is 3.01. The van der Waals surface area contributed by atoms with Gasteiger partial charge in [-0.15, -0.1) is 0 Å². The third-order valence-electron chi connectivity index (χ3n) is 2.99. The van der Waals surface area contributed by atoms with Gasteiger partial charge < -0.3 is 10.1 Å². The van der Waals surface area contributed by atoms with Crippen LogP contribution in [0.3, 0.4) is 0 Å². The summed E-state index contributed by atoms with van der Waals surface area (Å²) in [5.41, 5.74) is 1.23. The predicted octanol–water partition coefficient (Wildman–Crippen LogP) is 3.10. The molecule has 6 nitrogen and oxygen atoms in total. The molecule has 0 amide bonds. The monoisotopic (exact) mass is 326 g/mol. The van der Waals surface area contributed by atoms with Crippen molar-refractivity contribution in [2.24, 2.45) is 5.92 Å². The minimum Gasteiger partial charge on any atom is -0.481 e. The topological polar surface area (TPSA) is 96.2 Å². The summed E-state index contributed by atoms with van der Waals surface area (Å²) in [5, 5.41) is 20.5. The number of nitro benzene ring substituents is 1. The molecule has 2 N–H and O–H groups in total. The van der Waals surface area contributed by atoms with E-state index in [-0.39, 0.29) is 12.1 Å². The van der Waals surface area contributed by atoms with Gasteiger partial charge in [0.1, 0.15) is 0 Å². The number of carbonyl (C=O) groups is 1. The van der Waals surface area contributed by atoms with Gasteiger partial charge in [0, 0.05) is 16.7 Å². The van der Waals surface area contributed by atoms with Crippen molar-refractivity contribution in [1.29, 1.82) is 0 Å². The van der Waals surface area contributed by atoms with E-state index >= 15 is 0 Å². The molecule has 100 valence electrons. The van der Waals surface area contributed by atoms with E-state index in [9.17, 15) is 14.9 Å². The molecule has 0 radical (unpaired) electrons. The number of carboxylic acid groups (broad SMARTS) is 1. The van der Waals surface area contributed by atoms with Crippen LogP contribution in [0.4, 0.5) is 5.69 Å². The largest absolute Gasteiger partial charge is 0.481 e. The molecule has 1 aromatic carbocycles. The van der Waals surface area contributed by atoms with Crippen LogP contribution in [0, 0.1) is 16.0 Å². The first-order valence-corrected chi connectivity index (χ1v) is 6.36. The lowest BCUT2D eigenvalue weighted by Gasteiger charge is -2.05. The van der Waals surface area contributed by atoms with E-state index in [2.05, 4.69) is 20.9 Å². The van der Waals surface area contributed by atoms with Crippen molar-refractivity contribution in [2.75, 3.05) is 0 Å². The summed E-state index contributed by atoms with van der Waals surface area (Å²) in [4.78, 5) is 24.4. The van der Waals surface area contributed by atoms with E-state index in [4.69, 9.17) is 5.11 Å². The van der Waals surface area contributed by atoms with Gasteiger partial charge in [0.25, 0.3) is 5.69 Å². The summed E-state index contributed by atoms with van der Waals surface area (Å²) >= 11 is 3.32. The van der Waals surface area contributed by atoms with Gasteiger partial charge in [-0.3, -0.25) is 14.9 Å². The Hall–Kier alpha value is -1.89. The Labute approximate surface area is 116 Å². The maximum absolute atomic E-state index is 11.1. The molecule has 2 aromatic rings. The lowest BCUT2D eigenvalue weighted by atomic mass is 10.00. The number of aliphatic carboxylic acids is 1. The number of hydrogen-bond donors (Lipinski definition) is 2. The normalized spacial score (nSPS) is 12.5. The van der Waals surface area contributed by atoms with Crippen molar-refractivity contribution in [3.8, 4) is 0 Å². The van der Waals surface area contributed by atoms with Crippen LogP contribution >= 0.6 is 15.9 Å². The van der Waals surface area contributed by atoms with Crippen molar-refractivity contribution in [3.05, 3.63) is 38.5 Å². The summed E-state index contributed by atoms with van der Waals surface area (Å²) in [6.07, 6.45) is 1.87. The second-order valence-electron chi connectivity index (χ2n) is 4.33. The number of hydrogen-bond acceptors (Lipinski definition) is 3. The van der Waals surface area contributed by atoms with Crippen molar-refractivity contribution >= 4 is 38.5 Å². The lowest BCUT2D eigenvalue weighted by molar-refractivity contribution is -0.383. The molecule has 1 unspecified atom stereocenters. The molecule has 19 heavy (non-hydrogen) atoms. The van der Waals surface area contributed by atoms with Gasteiger partial charge in [-0.1, -0.05) is 6.92 Å². The van der Waals surface area contributed by atoms with Crippen LogP contribution in [-0.2, 0) is 11.2 Å². The van der Waals surface area contributed by atoms with Crippen molar-refractivity contribution < 1.29 is 14.8 Å². The fourth-order valence-electron chi connectivity index (χ4n) is 1.99. The zero-order chi connectivity index (χ0) is 14.2. The Morgan fingerprint density at radius 3 is 2.84 bits per heavy atom.